The second-order valence-corrected chi connectivity index (χ2v) is 11.0. The van der Waals surface area contributed by atoms with Crippen molar-refractivity contribution in [3.8, 4) is 0 Å². The largest absolute Gasteiger partial charge is 0.336 e. The highest BCUT2D eigenvalue weighted by molar-refractivity contribution is 6.04. The van der Waals surface area contributed by atoms with Gasteiger partial charge in [0.1, 0.15) is 6.04 Å². The summed E-state index contributed by atoms with van der Waals surface area (Å²) in [6.45, 7) is 3.37. The topological polar surface area (TPSA) is 73.0 Å². The molecule has 5 aliphatic rings. The number of imide groups is 1. The molecule has 4 saturated heterocycles. The third-order valence-corrected chi connectivity index (χ3v) is 8.91. The van der Waals surface area contributed by atoms with E-state index in [2.05, 4.69) is 21.2 Å². The summed E-state index contributed by atoms with van der Waals surface area (Å²) in [6.07, 6.45) is 10.5. The Morgan fingerprint density at radius 2 is 1.91 bits per heavy atom. The Morgan fingerprint density at radius 1 is 1.06 bits per heavy atom. The SMILES string of the molecule is O=C1N[C@@H](CCC(=O)N2CCCC3=C[C@H]4C[C@@H](CN5CCCC[C@H]45)[C@H]32)C(=O)N1Cc1ccccc1. The number of nitrogens with one attached hydrogen (secondary N) is 1. The first-order chi connectivity index (χ1) is 17.1. The number of fused-ring (bicyclic) bond motifs is 6. The van der Waals surface area contributed by atoms with Gasteiger partial charge in [-0.2, -0.15) is 0 Å². The number of hydrogen-bond donors (Lipinski definition) is 1. The highest BCUT2D eigenvalue weighted by Crippen LogP contribution is 2.45. The van der Waals surface area contributed by atoms with Gasteiger partial charge in [0.25, 0.3) is 5.91 Å². The summed E-state index contributed by atoms with van der Waals surface area (Å²) in [5.41, 5.74) is 2.40. The van der Waals surface area contributed by atoms with Crippen LogP contribution in [-0.4, -0.2) is 70.3 Å². The molecule has 2 bridgehead atoms. The molecule has 0 aromatic heterocycles. The fourth-order valence-corrected chi connectivity index (χ4v) is 7.35. The molecule has 7 nitrogen and oxygen atoms in total. The summed E-state index contributed by atoms with van der Waals surface area (Å²) in [6, 6.07) is 9.47. The van der Waals surface area contributed by atoms with Gasteiger partial charge in [-0.25, -0.2) is 4.79 Å². The summed E-state index contributed by atoms with van der Waals surface area (Å²) in [5.74, 6) is 1.07. The van der Waals surface area contributed by atoms with Crippen LogP contribution in [0.15, 0.2) is 42.0 Å². The number of nitrogens with zero attached hydrogens (tertiary/aromatic N) is 3. The fourth-order valence-electron chi connectivity index (χ4n) is 7.35. The third kappa shape index (κ3) is 4.28. The first-order valence-electron chi connectivity index (χ1n) is 13.5. The van der Waals surface area contributed by atoms with Crippen LogP contribution >= 0.6 is 0 Å². The molecule has 6 rings (SSSR count). The van der Waals surface area contributed by atoms with Crippen molar-refractivity contribution in [2.45, 2.75) is 76.0 Å². The highest BCUT2D eigenvalue weighted by Gasteiger charge is 2.47. The molecule has 4 fully saturated rings. The number of benzene rings is 1. The first-order valence-corrected chi connectivity index (χ1v) is 13.5. The Morgan fingerprint density at radius 3 is 2.77 bits per heavy atom. The summed E-state index contributed by atoms with van der Waals surface area (Å²) in [5, 5.41) is 2.80. The maximum atomic E-state index is 13.5. The summed E-state index contributed by atoms with van der Waals surface area (Å²) in [4.78, 5) is 44.9. The van der Waals surface area contributed by atoms with Gasteiger partial charge in [-0.1, -0.05) is 48.4 Å². The maximum Gasteiger partial charge on any atom is 0.325 e. The summed E-state index contributed by atoms with van der Waals surface area (Å²) < 4.78 is 0. The van der Waals surface area contributed by atoms with Crippen LogP contribution in [0.2, 0.25) is 0 Å². The fraction of sp³-hybridized carbons (Fsp3) is 0.607. The normalized spacial score (nSPS) is 32.6. The minimum absolute atomic E-state index is 0.128. The smallest absolute Gasteiger partial charge is 0.325 e. The van der Waals surface area contributed by atoms with E-state index in [1.807, 2.05) is 30.3 Å². The van der Waals surface area contributed by atoms with E-state index in [-0.39, 0.29) is 30.4 Å². The molecule has 0 unspecified atom stereocenters. The van der Waals surface area contributed by atoms with Crippen molar-refractivity contribution >= 4 is 17.8 Å². The lowest BCUT2D eigenvalue weighted by Gasteiger charge is -2.54. The standard InChI is InChI=1S/C28H36N4O3/c33-25(12-11-23-27(34)32(28(35)29-23)17-19-7-2-1-3-8-19)31-14-6-9-20-15-21-16-22(26(20)31)18-30-13-5-4-10-24(21)30/h1-3,7-8,15,21-24,26H,4-6,9-14,16-18H2,(H,29,35)/t21-,22-,23-,24+,26-/m0/s1. The number of carbonyl (C=O) groups excluding carboxylic acids is 3. The minimum atomic E-state index is -0.616. The molecule has 0 spiro atoms. The van der Waals surface area contributed by atoms with E-state index in [0.717, 1.165) is 31.5 Å². The molecule has 1 N–H and O–H groups in total. The Labute approximate surface area is 207 Å². The lowest BCUT2D eigenvalue weighted by atomic mass is 9.68. The molecule has 4 heterocycles. The predicted octanol–water partition coefficient (Wildman–Crippen LogP) is 3.31. The highest BCUT2D eigenvalue weighted by atomic mass is 16.2. The van der Waals surface area contributed by atoms with E-state index in [1.54, 1.807) is 0 Å². The van der Waals surface area contributed by atoms with E-state index < -0.39 is 6.04 Å². The molecule has 186 valence electrons. The number of amides is 4. The average molecular weight is 477 g/mol. The van der Waals surface area contributed by atoms with Gasteiger partial charge in [0, 0.05) is 25.6 Å². The van der Waals surface area contributed by atoms with Crippen LogP contribution in [0.1, 0.15) is 56.9 Å². The van der Waals surface area contributed by atoms with Crippen LogP contribution in [-0.2, 0) is 16.1 Å². The van der Waals surface area contributed by atoms with Gasteiger partial charge in [-0.3, -0.25) is 19.4 Å². The number of urea groups is 1. The predicted molar refractivity (Wildman–Crippen MR) is 132 cm³/mol. The summed E-state index contributed by atoms with van der Waals surface area (Å²) in [7, 11) is 0. The van der Waals surface area contributed by atoms with Crippen molar-refractivity contribution in [2.24, 2.45) is 11.8 Å². The second kappa shape index (κ2) is 9.41. The minimum Gasteiger partial charge on any atom is -0.336 e. The van der Waals surface area contributed by atoms with Crippen LogP contribution in [0.25, 0.3) is 0 Å². The first kappa shape index (κ1) is 22.8. The quantitative estimate of drug-likeness (QED) is 0.523. The molecule has 7 heteroatoms. The van der Waals surface area contributed by atoms with Crippen molar-refractivity contribution in [1.29, 1.82) is 0 Å². The third-order valence-electron chi connectivity index (χ3n) is 8.91. The number of likely N-dealkylation sites (tertiary alicyclic amines) is 1. The molecule has 1 aliphatic carbocycles. The average Bonchev–Trinajstić information content (AvgIpc) is 3.15. The van der Waals surface area contributed by atoms with Gasteiger partial charge in [0.05, 0.1) is 12.6 Å². The van der Waals surface area contributed by atoms with Crippen LogP contribution in [0.4, 0.5) is 4.79 Å². The Hall–Kier alpha value is -2.67. The van der Waals surface area contributed by atoms with Gasteiger partial charge in [0.15, 0.2) is 0 Å². The zero-order valence-corrected chi connectivity index (χ0v) is 20.4. The van der Waals surface area contributed by atoms with Crippen LogP contribution in [0.3, 0.4) is 0 Å². The lowest BCUT2D eigenvalue weighted by Crippen LogP contribution is -2.60. The number of carbonyl (C=O) groups is 3. The second-order valence-electron chi connectivity index (χ2n) is 11.0. The number of rotatable bonds is 5. The van der Waals surface area contributed by atoms with Crippen molar-refractivity contribution in [2.75, 3.05) is 19.6 Å². The molecule has 4 amide bonds. The van der Waals surface area contributed by atoms with Gasteiger partial charge >= 0.3 is 6.03 Å². The summed E-state index contributed by atoms with van der Waals surface area (Å²) >= 11 is 0. The molecule has 0 saturated carbocycles. The van der Waals surface area contributed by atoms with Gasteiger partial charge < -0.3 is 10.2 Å². The molecule has 4 aliphatic heterocycles. The molecule has 1 aromatic rings. The Balaban J connectivity index is 1.10. The van der Waals surface area contributed by atoms with Crippen molar-refractivity contribution in [3.05, 3.63) is 47.5 Å². The maximum absolute atomic E-state index is 13.5. The van der Waals surface area contributed by atoms with E-state index in [4.69, 9.17) is 0 Å². The number of hydrogen-bond acceptors (Lipinski definition) is 4. The van der Waals surface area contributed by atoms with Crippen molar-refractivity contribution in [3.63, 3.8) is 0 Å². The molecule has 0 radical (unpaired) electrons. The lowest BCUT2D eigenvalue weighted by molar-refractivity contribution is -0.136. The molecule has 5 atom stereocenters. The zero-order chi connectivity index (χ0) is 23.9. The molecule has 1 aromatic carbocycles. The van der Waals surface area contributed by atoms with E-state index >= 15 is 0 Å². The van der Waals surface area contributed by atoms with Crippen LogP contribution < -0.4 is 5.32 Å². The molecular weight excluding hydrogens is 440 g/mol. The Kier molecular flexibility index (Phi) is 6.13. The monoisotopic (exact) mass is 476 g/mol. The van der Waals surface area contributed by atoms with Crippen LogP contribution in [0, 0.1) is 11.8 Å². The Bertz CT molecular complexity index is 1020. The van der Waals surface area contributed by atoms with E-state index in [1.165, 1.54) is 42.7 Å². The van der Waals surface area contributed by atoms with E-state index in [0.29, 0.717) is 30.7 Å². The van der Waals surface area contributed by atoms with Gasteiger partial charge in [-0.15, -0.1) is 0 Å². The van der Waals surface area contributed by atoms with Crippen molar-refractivity contribution in [1.82, 2.24) is 20.0 Å². The van der Waals surface area contributed by atoms with Gasteiger partial charge in [0.2, 0.25) is 5.91 Å². The zero-order valence-electron chi connectivity index (χ0n) is 20.4. The number of piperidine rings is 3. The van der Waals surface area contributed by atoms with Crippen molar-refractivity contribution < 1.29 is 14.4 Å². The molecular formula is C28H36N4O3. The van der Waals surface area contributed by atoms with Gasteiger partial charge in [-0.05, 0) is 62.5 Å². The van der Waals surface area contributed by atoms with E-state index in [9.17, 15) is 14.4 Å². The molecule has 35 heavy (non-hydrogen) atoms. The van der Waals surface area contributed by atoms with Crippen LogP contribution in [0.5, 0.6) is 0 Å².